The number of hydrogen-bond donors (Lipinski definition) is 1. The van der Waals surface area contributed by atoms with Crippen molar-refractivity contribution in [3.63, 3.8) is 0 Å². The van der Waals surface area contributed by atoms with Crippen molar-refractivity contribution >= 4 is 28.6 Å². The summed E-state index contributed by atoms with van der Waals surface area (Å²) in [6.45, 7) is 4.77. The number of hydrogen-bond acceptors (Lipinski definition) is 4. The van der Waals surface area contributed by atoms with Gasteiger partial charge in [0.2, 0.25) is 0 Å². The molecule has 2 aromatic rings. The van der Waals surface area contributed by atoms with Crippen LogP contribution in [-0.4, -0.2) is 18.6 Å². The van der Waals surface area contributed by atoms with E-state index in [0.29, 0.717) is 0 Å². The minimum atomic E-state index is 0.839. The van der Waals surface area contributed by atoms with Crippen LogP contribution in [0, 0.1) is 0 Å². The molecular formula is C14H18ClN3S. The molecule has 2 heterocycles. The summed E-state index contributed by atoms with van der Waals surface area (Å²) in [5.41, 5.74) is 2.43. The number of rotatable bonds is 6. The van der Waals surface area contributed by atoms with Gasteiger partial charge in [-0.2, -0.15) is 0 Å². The van der Waals surface area contributed by atoms with Crippen molar-refractivity contribution in [3.05, 3.63) is 45.4 Å². The predicted molar refractivity (Wildman–Crippen MR) is 83.1 cm³/mol. The second-order valence-electron chi connectivity index (χ2n) is 4.35. The fourth-order valence-corrected chi connectivity index (χ4v) is 3.08. The fraction of sp³-hybridized carbons (Fsp3) is 0.357. The van der Waals surface area contributed by atoms with Crippen molar-refractivity contribution in [1.82, 2.24) is 10.3 Å². The highest BCUT2D eigenvalue weighted by Gasteiger charge is 2.09. The van der Waals surface area contributed by atoms with Crippen LogP contribution in [0.3, 0.4) is 0 Å². The van der Waals surface area contributed by atoms with Crippen LogP contribution in [-0.2, 0) is 13.1 Å². The normalized spacial score (nSPS) is 10.7. The highest BCUT2D eigenvalue weighted by Crippen LogP contribution is 2.25. The lowest BCUT2D eigenvalue weighted by molar-refractivity contribution is 0.721. The molecule has 0 atom stereocenters. The van der Waals surface area contributed by atoms with Gasteiger partial charge in [-0.25, -0.2) is 0 Å². The Labute approximate surface area is 123 Å². The molecule has 0 aliphatic rings. The van der Waals surface area contributed by atoms with Gasteiger partial charge >= 0.3 is 0 Å². The Hall–Kier alpha value is -1.10. The Balaban J connectivity index is 2.11. The Morgan fingerprint density at radius 3 is 2.89 bits per heavy atom. The van der Waals surface area contributed by atoms with Crippen LogP contribution in [0.1, 0.15) is 17.4 Å². The predicted octanol–water partition coefficient (Wildman–Crippen LogP) is 3.54. The van der Waals surface area contributed by atoms with Gasteiger partial charge in [-0.3, -0.25) is 4.98 Å². The Morgan fingerprint density at radius 2 is 2.21 bits per heavy atom. The monoisotopic (exact) mass is 295 g/mol. The molecule has 0 amide bonds. The molecule has 0 radical (unpaired) electrons. The molecule has 0 aliphatic heterocycles. The highest BCUT2D eigenvalue weighted by atomic mass is 35.5. The van der Waals surface area contributed by atoms with Crippen molar-refractivity contribution in [2.45, 2.75) is 20.0 Å². The average Bonchev–Trinajstić information content (AvgIpc) is 2.82. The van der Waals surface area contributed by atoms with Crippen LogP contribution < -0.4 is 10.2 Å². The summed E-state index contributed by atoms with van der Waals surface area (Å²) in [6.07, 6.45) is 3.76. The van der Waals surface area contributed by atoms with Gasteiger partial charge < -0.3 is 10.2 Å². The van der Waals surface area contributed by atoms with E-state index in [0.717, 1.165) is 24.0 Å². The van der Waals surface area contributed by atoms with Crippen molar-refractivity contribution < 1.29 is 0 Å². The Bertz CT molecular complexity index is 527. The zero-order valence-corrected chi connectivity index (χ0v) is 12.8. The molecule has 5 heteroatoms. The molecule has 2 aromatic heterocycles. The van der Waals surface area contributed by atoms with Gasteiger partial charge in [0.15, 0.2) is 0 Å². The van der Waals surface area contributed by atoms with E-state index in [9.17, 15) is 0 Å². The SMILES string of the molecule is CCNCc1cnccc1N(C)Cc1ccc(Cl)s1. The maximum atomic E-state index is 5.97. The second-order valence-corrected chi connectivity index (χ2v) is 6.15. The molecule has 0 fully saturated rings. The first kappa shape index (κ1) is 14.3. The molecule has 0 aromatic carbocycles. The summed E-state index contributed by atoms with van der Waals surface area (Å²) in [6, 6.07) is 6.08. The van der Waals surface area contributed by atoms with E-state index in [4.69, 9.17) is 11.6 Å². The molecule has 1 N–H and O–H groups in total. The van der Waals surface area contributed by atoms with E-state index in [-0.39, 0.29) is 0 Å². The maximum absolute atomic E-state index is 5.97. The molecule has 0 saturated carbocycles. The zero-order chi connectivity index (χ0) is 13.7. The Kier molecular flexibility index (Phi) is 5.19. The van der Waals surface area contributed by atoms with E-state index < -0.39 is 0 Å². The highest BCUT2D eigenvalue weighted by molar-refractivity contribution is 7.16. The smallest absolute Gasteiger partial charge is 0.0931 e. The standard InChI is InChI=1S/C14H18ClN3S/c1-3-16-8-11-9-17-7-6-13(11)18(2)10-12-4-5-14(15)19-12/h4-7,9,16H,3,8,10H2,1-2H3. The first-order valence-electron chi connectivity index (χ1n) is 6.29. The lowest BCUT2D eigenvalue weighted by Crippen LogP contribution is -2.20. The molecule has 0 spiro atoms. The number of pyridine rings is 1. The Morgan fingerprint density at radius 1 is 1.37 bits per heavy atom. The van der Waals surface area contributed by atoms with Crippen molar-refractivity contribution in [2.24, 2.45) is 0 Å². The molecule has 0 bridgehead atoms. The molecule has 102 valence electrons. The number of aromatic nitrogens is 1. The number of thiophene rings is 1. The fourth-order valence-electron chi connectivity index (χ4n) is 1.94. The first-order chi connectivity index (χ1) is 9.20. The number of halogens is 1. The van der Waals surface area contributed by atoms with Crippen LogP contribution in [0.15, 0.2) is 30.6 Å². The van der Waals surface area contributed by atoms with Crippen molar-refractivity contribution in [3.8, 4) is 0 Å². The number of nitrogens with zero attached hydrogens (tertiary/aromatic N) is 2. The maximum Gasteiger partial charge on any atom is 0.0931 e. The molecule has 3 nitrogen and oxygen atoms in total. The molecule has 0 saturated heterocycles. The lowest BCUT2D eigenvalue weighted by atomic mass is 10.2. The van der Waals surface area contributed by atoms with Gasteiger partial charge in [0.1, 0.15) is 0 Å². The molecule has 19 heavy (non-hydrogen) atoms. The quantitative estimate of drug-likeness (QED) is 0.883. The minimum Gasteiger partial charge on any atom is -0.369 e. The summed E-state index contributed by atoms with van der Waals surface area (Å²) in [4.78, 5) is 7.70. The van der Waals surface area contributed by atoms with E-state index in [1.165, 1.54) is 16.1 Å². The van der Waals surface area contributed by atoms with Crippen LogP contribution in [0.4, 0.5) is 5.69 Å². The van der Waals surface area contributed by atoms with E-state index in [2.05, 4.69) is 41.3 Å². The third kappa shape index (κ3) is 3.93. The van der Waals surface area contributed by atoms with Crippen molar-refractivity contribution in [1.29, 1.82) is 0 Å². The number of anilines is 1. The van der Waals surface area contributed by atoms with E-state index in [1.807, 2.05) is 18.5 Å². The third-order valence-corrected chi connectivity index (χ3v) is 4.09. The second kappa shape index (κ2) is 6.89. The summed E-state index contributed by atoms with van der Waals surface area (Å²) >= 11 is 7.60. The van der Waals surface area contributed by atoms with Crippen LogP contribution in [0.25, 0.3) is 0 Å². The average molecular weight is 296 g/mol. The van der Waals surface area contributed by atoms with Crippen LogP contribution >= 0.6 is 22.9 Å². The van der Waals surface area contributed by atoms with Gasteiger partial charge in [-0.1, -0.05) is 18.5 Å². The summed E-state index contributed by atoms with van der Waals surface area (Å²) in [7, 11) is 2.10. The van der Waals surface area contributed by atoms with E-state index >= 15 is 0 Å². The lowest BCUT2D eigenvalue weighted by Gasteiger charge is -2.21. The number of nitrogens with one attached hydrogen (secondary N) is 1. The third-order valence-electron chi connectivity index (χ3n) is 2.88. The molecular weight excluding hydrogens is 278 g/mol. The van der Waals surface area contributed by atoms with Gasteiger partial charge in [-0.05, 0) is 24.7 Å². The van der Waals surface area contributed by atoms with Crippen molar-refractivity contribution in [2.75, 3.05) is 18.5 Å². The van der Waals surface area contributed by atoms with E-state index in [1.54, 1.807) is 11.3 Å². The topological polar surface area (TPSA) is 28.2 Å². The molecule has 0 unspecified atom stereocenters. The largest absolute Gasteiger partial charge is 0.369 e. The minimum absolute atomic E-state index is 0.839. The summed E-state index contributed by atoms with van der Waals surface area (Å²) < 4.78 is 0.839. The van der Waals surface area contributed by atoms with Gasteiger partial charge in [-0.15, -0.1) is 11.3 Å². The van der Waals surface area contributed by atoms with Crippen LogP contribution in [0.5, 0.6) is 0 Å². The molecule has 2 rings (SSSR count). The zero-order valence-electron chi connectivity index (χ0n) is 11.2. The summed E-state index contributed by atoms with van der Waals surface area (Å²) in [5, 5.41) is 3.34. The molecule has 0 aliphatic carbocycles. The van der Waals surface area contributed by atoms with Gasteiger partial charge in [0, 0.05) is 42.1 Å². The van der Waals surface area contributed by atoms with Gasteiger partial charge in [0.25, 0.3) is 0 Å². The van der Waals surface area contributed by atoms with Gasteiger partial charge in [0.05, 0.1) is 10.9 Å². The summed E-state index contributed by atoms with van der Waals surface area (Å²) in [5.74, 6) is 0. The van der Waals surface area contributed by atoms with Crippen LogP contribution in [0.2, 0.25) is 4.34 Å². The first-order valence-corrected chi connectivity index (χ1v) is 7.49.